The fourth-order valence-electron chi connectivity index (χ4n) is 6.08. The van der Waals surface area contributed by atoms with Crippen LogP contribution in [0, 0.1) is 23.7 Å². The zero-order chi connectivity index (χ0) is 34.2. The smallest absolute Gasteiger partial charge is 0.0702 e. The lowest BCUT2D eigenvalue weighted by molar-refractivity contribution is 0.522. The van der Waals surface area contributed by atoms with Gasteiger partial charge in [0.15, 0.2) is 0 Å². The van der Waals surface area contributed by atoms with Crippen molar-refractivity contribution in [3.05, 3.63) is 203 Å². The van der Waals surface area contributed by atoms with Crippen LogP contribution >= 0.6 is 0 Å². The van der Waals surface area contributed by atoms with E-state index in [0.717, 1.165) is 51.2 Å². The monoisotopic (exact) mass is 640 g/mol. The minimum Gasteiger partial charge on any atom is -0.255 e. The highest BCUT2D eigenvalue weighted by molar-refractivity contribution is 5.64. The van der Waals surface area contributed by atoms with Gasteiger partial charge in [-0.05, 0) is 76.6 Å². The number of hydrogen-bond acceptors (Lipinski definition) is 2. The molecular weight excluding hydrogens is 605 g/mol. The van der Waals surface area contributed by atoms with Crippen LogP contribution in [-0.2, 0) is 11.8 Å². The Morgan fingerprint density at radius 1 is 0.420 bits per heavy atom. The molecule has 0 bridgehead atoms. The Labute approximate surface area is 295 Å². The molecule has 0 spiro atoms. The third kappa shape index (κ3) is 7.96. The van der Waals surface area contributed by atoms with E-state index in [1.807, 2.05) is 73.1 Å². The van der Waals surface area contributed by atoms with Gasteiger partial charge in [-0.1, -0.05) is 153 Å². The van der Waals surface area contributed by atoms with E-state index in [1.165, 1.54) is 22.3 Å². The molecule has 0 saturated carbocycles. The topological polar surface area (TPSA) is 25.8 Å². The summed E-state index contributed by atoms with van der Waals surface area (Å²) in [4.78, 5) is 9.32. The quantitative estimate of drug-likeness (QED) is 0.169. The summed E-state index contributed by atoms with van der Waals surface area (Å²) in [6, 6.07) is 54.4. The van der Waals surface area contributed by atoms with Crippen LogP contribution in [0.3, 0.4) is 0 Å². The normalized spacial score (nSPS) is 10.8. The maximum atomic E-state index is 4.66. The van der Waals surface area contributed by atoms with Crippen molar-refractivity contribution in [2.45, 2.75) is 25.7 Å². The Morgan fingerprint density at radius 2 is 0.840 bits per heavy atom. The molecule has 2 aromatic heterocycles. The molecule has 7 aromatic rings. The lowest BCUT2D eigenvalue weighted by Crippen LogP contribution is -2.20. The van der Waals surface area contributed by atoms with E-state index in [1.54, 1.807) is 0 Å². The summed E-state index contributed by atoms with van der Waals surface area (Å²) in [5, 5.41) is 0. The largest absolute Gasteiger partial charge is 0.255 e. The van der Waals surface area contributed by atoms with Crippen LogP contribution < -0.4 is 0 Å². The molecule has 238 valence electrons. The van der Waals surface area contributed by atoms with Gasteiger partial charge in [0.25, 0.3) is 0 Å². The number of aromatic nitrogens is 2. The summed E-state index contributed by atoms with van der Waals surface area (Å²) in [6.07, 6.45) is 4.52. The number of pyridine rings is 2. The Balaban J connectivity index is 1.17. The number of nitrogens with zero attached hydrogens (tertiary/aromatic N) is 2. The second-order valence-electron chi connectivity index (χ2n) is 13.0. The molecule has 0 saturated heterocycles. The standard InChI is InChI=1S/C48H36N2/c1-48(2,45-26-24-42(25-27-45)41-12-6-3-7-13-41)33-40-31-38(20-18-36-22-28-46(49-34-36)43-14-8-4-9-15-43)30-39(32-40)21-19-37-23-29-47(50-35-37)44-16-10-5-11-17-44/h3-17,22-32,34-35H,33H2,1-2H3. The highest BCUT2D eigenvalue weighted by atomic mass is 14.7. The van der Waals surface area contributed by atoms with E-state index in [-0.39, 0.29) is 5.41 Å². The zero-order valence-corrected chi connectivity index (χ0v) is 28.3. The number of benzene rings is 5. The maximum Gasteiger partial charge on any atom is 0.0702 e. The fraction of sp³-hybridized carbons (Fsp3) is 0.0833. The van der Waals surface area contributed by atoms with E-state index in [4.69, 9.17) is 0 Å². The van der Waals surface area contributed by atoms with Crippen LogP contribution in [0.15, 0.2) is 170 Å². The predicted octanol–water partition coefficient (Wildman–Crippen LogP) is 10.8. The van der Waals surface area contributed by atoms with Gasteiger partial charge in [0.05, 0.1) is 11.4 Å². The summed E-state index contributed by atoms with van der Waals surface area (Å²) >= 11 is 0. The van der Waals surface area contributed by atoms with E-state index in [9.17, 15) is 0 Å². The Hall–Kier alpha value is -6.48. The van der Waals surface area contributed by atoms with Crippen LogP contribution in [0.4, 0.5) is 0 Å². The molecule has 0 radical (unpaired) electrons. The zero-order valence-electron chi connectivity index (χ0n) is 28.3. The van der Waals surface area contributed by atoms with Crippen molar-refractivity contribution < 1.29 is 0 Å². The molecule has 5 aromatic carbocycles. The molecule has 2 nitrogen and oxygen atoms in total. The Morgan fingerprint density at radius 3 is 1.28 bits per heavy atom. The first kappa shape index (κ1) is 32.1. The van der Waals surface area contributed by atoms with Crippen molar-refractivity contribution >= 4 is 0 Å². The predicted molar refractivity (Wildman–Crippen MR) is 206 cm³/mol. The average molecular weight is 641 g/mol. The van der Waals surface area contributed by atoms with Crippen LogP contribution in [0.2, 0.25) is 0 Å². The van der Waals surface area contributed by atoms with Gasteiger partial charge in [-0.15, -0.1) is 0 Å². The lowest BCUT2D eigenvalue weighted by atomic mass is 9.78. The summed E-state index contributed by atoms with van der Waals surface area (Å²) in [5.74, 6) is 13.5. The highest BCUT2D eigenvalue weighted by Crippen LogP contribution is 2.31. The Bertz CT molecular complexity index is 2200. The molecular formula is C48H36N2. The molecule has 2 heteroatoms. The van der Waals surface area contributed by atoms with Crippen molar-refractivity contribution in [1.82, 2.24) is 9.97 Å². The van der Waals surface area contributed by atoms with Crippen molar-refractivity contribution in [3.63, 3.8) is 0 Å². The van der Waals surface area contributed by atoms with E-state index in [2.05, 4.69) is 145 Å². The van der Waals surface area contributed by atoms with E-state index < -0.39 is 0 Å². The summed E-state index contributed by atoms with van der Waals surface area (Å²) < 4.78 is 0. The van der Waals surface area contributed by atoms with Gasteiger partial charge in [-0.2, -0.15) is 0 Å². The SMILES string of the molecule is CC(C)(Cc1cc(C#Cc2ccc(-c3ccccc3)nc2)cc(C#Cc2ccc(-c3ccccc3)nc2)c1)c1ccc(-c2ccccc2)cc1. The van der Waals surface area contributed by atoms with E-state index in [0.29, 0.717) is 0 Å². The summed E-state index contributed by atoms with van der Waals surface area (Å²) in [7, 11) is 0. The molecule has 0 aliphatic carbocycles. The summed E-state index contributed by atoms with van der Waals surface area (Å²) in [6.45, 7) is 4.60. The van der Waals surface area contributed by atoms with Gasteiger partial charge in [0.1, 0.15) is 0 Å². The minimum atomic E-state index is -0.111. The molecule has 0 fully saturated rings. The first-order valence-electron chi connectivity index (χ1n) is 16.9. The second kappa shape index (κ2) is 14.7. The van der Waals surface area contributed by atoms with Gasteiger partial charge in [0.2, 0.25) is 0 Å². The molecule has 0 atom stereocenters. The number of hydrogen-bond donors (Lipinski definition) is 0. The second-order valence-corrected chi connectivity index (χ2v) is 13.0. The van der Waals surface area contributed by atoms with Crippen LogP contribution in [-0.4, -0.2) is 9.97 Å². The van der Waals surface area contributed by atoms with Gasteiger partial charge in [-0.25, -0.2) is 0 Å². The van der Waals surface area contributed by atoms with Crippen molar-refractivity contribution in [2.24, 2.45) is 0 Å². The third-order valence-electron chi connectivity index (χ3n) is 8.78. The first-order valence-corrected chi connectivity index (χ1v) is 16.9. The average Bonchev–Trinajstić information content (AvgIpc) is 3.17. The van der Waals surface area contributed by atoms with Crippen molar-refractivity contribution in [3.8, 4) is 57.3 Å². The highest BCUT2D eigenvalue weighted by Gasteiger charge is 2.22. The molecule has 0 aliphatic rings. The molecule has 0 aliphatic heterocycles. The molecule has 2 heterocycles. The molecule has 7 rings (SSSR count). The van der Waals surface area contributed by atoms with Crippen LogP contribution in [0.25, 0.3) is 33.6 Å². The van der Waals surface area contributed by atoms with Gasteiger partial charge in [0, 0.05) is 45.8 Å². The van der Waals surface area contributed by atoms with Crippen molar-refractivity contribution in [1.29, 1.82) is 0 Å². The first-order chi connectivity index (χ1) is 24.5. The van der Waals surface area contributed by atoms with Gasteiger partial charge < -0.3 is 0 Å². The fourth-order valence-corrected chi connectivity index (χ4v) is 6.08. The van der Waals surface area contributed by atoms with Gasteiger partial charge >= 0.3 is 0 Å². The molecule has 50 heavy (non-hydrogen) atoms. The Kier molecular flexibility index (Phi) is 9.46. The van der Waals surface area contributed by atoms with Gasteiger partial charge in [-0.3, -0.25) is 9.97 Å². The molecule has 0 unspecified atom stereocenters. The van der Waals surface area contributed by atoms with E-state index >= 15 is 0 Å². The molecule has 0 amide bonds. The third-order valence-corrected chi connectivity index (χ3v) is 8.78. The van der Waals surface area contributed by atoms with Crippen molar-refractivity contribution in [2.75, 3.05) is 0 Å². The lowest BCUT2D eigenvalue weighted by Gasteiger charge is -2.26. The molecule has 0 N–H and O–H groups in total. The summed E-state index contributed by atoms with van der Waals surface area (Å²) in [5.41, 5.74) is 12.4. The maximum absolute atomic E-state index is 4.66. The minimum absolute atomic E-state index is 0.111. The van der Waals surface area contributed by atoms with Crippen LogP contribution in [0.5, 0.6) is 0 Å². The van der Waals surface area contributed by atoms with Crippen LogP contribution in [0.1, 0.15) is 47.2 Å². The number of rotatable bonds is 6.